The Bertz CT molecular complexity index is 574. The molecule has 1 fully saturated rings. The highest BCUT2D eigenvalue weighted by atomic mass is 35.5. The predicted octanol–water partition coefficient (Wildman–Crippen LogP) is 2.89. The van der Waals surface area contributed by atoms with Gasteiger partial charge in [0, 0.05) is 11.6 Å². The number of halogens is 1. The lowest BCUT2D eigenvalue weighted by molar-refractivity contribution is 0.176. The average Bonchev–Trinajstić information content (AvgIpc) is 2.36. The van der Waals surface area contributed by atoms with Gasteiger partial charge >= 0.3 is 5.69 Å². The third kappa shape index (κ3) is 2.64. The monoisotopic (exact) mass is 284 g/mol. The molecule has 0 bridgehead atoms. The van der Waals surface area contributed by atoms with Gasteiger partial charge in [-0.05, 0) is 31.6 Å². The number of aromatic amines is 1. The molecule has 1 N–H and O–H groups in total. The maximum atomic E-state index is 12.3. The minimum Gasteiger partial charge on any atom is -0.297 e. The molecule has 1 saturated carbocycles. The maximum absolute atomic E-state index is 12.3. The van der Waals surface area contributed by atoms with Gasteiger partial charge in [0.2, 0.25) is 0 Å². The normalized spacial score (nSPS) is 23.8. The summed E-state index contributed by atoms with van der Waals surface area (Å²) in [6.07, 6.45) is 4.23. The van der Waals surface area contributed by atoms with Crippen molar-refractivity contribution in [1.29, 1.82) is 0 Å². The summed E-state index contributed by atoms with van der Waals surface area (Å²) in [5.41, 5.74) is -0.196. The van der Waals surface area contributed by atoms with E-state index in [-0.39, 0.29) is 22.4 Å². The van der Waals surface area contributed by atoms with E-state index in [1.807, 2.05) is 0 Å². The van der Waals surface area contributed by atoms with Gasteiger partial charge in [-0.3, -0.25) is 14.3 Å². The van der Waals surface area contributed by atoms with Crippen molar-refractivity contribution in [3.05, 3.63) is 31.6 Å². The van der Waals surface area contributed by atoms with Crippen molar-refractivity contribution in [2.24, 2.45) is 11.8 Å². The van der Waals surface area contributed by atoms with Gasteiger partial charge in [0.15, 0.2) is 0 Å². The second-order valence-electron chi connectivity index (χ2n) is 5.80. The lowest BCUT2D eigenvalue weighted by atomic mass is 9.77. The Morgan fingerprint density at radius 3 is 2.53 bits per heavy atom. The SMILES string of the molecule is Cc1c(Cl)[nH]c(=O)n(C2CCCCC2C(C)C)c1=O. The van der Waals surface area contributed by atoms with Crippen molar-refractivity contribution < 1.29 is 0 Å². The number of H-pyrrole nitrogens is 1. The molecular formula is C14H21ClN2O2. The highest BCUT2D eigenvalue weighted by Gasteiger charge is 2.31. The van der Waals surface area contributed by atoms with Gasteiger partial charge in [-0.25, -0.2) is 4.79 Å². The molecule has 0 amide bonds. The summed E-state index contributed by atoms with van der Waals surface area (Å²) in [5, 5.41) is 0.156. The molecule has 0 saturated heterocycles. The van der Waals surface area contributed by atoms with Gasteiger partial charge < -0.3 is 0 Å². The van der Waals surface area contributed by atoms with Crippen LogP contribution < -0.4 is 11.2 Å². The third-order valence-electron chi connectivity index (χ3n) is 4.27. The summed E-state index contributed by atoms with van der Waals surface area (Å²) in [6.45, 7) is 5.97. The molecular weight excluding hydrogens is 264 g/mol. The topological polar surface area (TPSA) is 54.9 Å². The third-order valence-corrected chi connectivity index (χ3v) is 4.65. The van der Waals surface area contributed by atoms with Crippen molar-refractivity contribution in [2.75, 3.05) is 0 Å². The van der Waals surface area contributed by atoms with E-state index in [0.717, 1.165) is 19.3 Å². The van der Waals surface area contributed by atoms with Crippen LogP contribution in [0.1, 0.15) is 51.1 Å². The number of hydrogen-bond donors (Lipinski definition) is 1. The predicted molar refractivity (Wildman–Crippen MR) is 76.9 cm³/mol. The first-order valence-electron chi connectivity index (χ1n) is 6.94. The molecule has 2 unspecified atom stereocenters. The van der Waals surface area contributed by atoms with E-state index in [0.29, 0.717) is 17.4 Å². The molecule has 19 heavy (non-hydrogen) atoms. The molecule has 1 aromatic rings. The Labute approximate surface area is 117 Å². The number of nitrogens with zero attached hydrogens (tertiary/aromatic N) is 1. The van der Waals surface area contributed by atoms with Gasteiger partial charge in [-0.1, -0.05) is 38.3 Å². The van der Waals surface area contributed by atoms with Crippen LogP contribution in [0.2, 0.25) is 5.15 Å². The van der Waals surface area contributed by atoms with Gasteiger partial charge in [0.25, 0.3) is 5.56 Å². The second kappa shape index (κ2) is 5.53. The van der Waals surface area contributed by atoms with Crippen LogP contribution in [0, 0.1) is 18.8 Å². The number of nitrogens with one attached hydrogen (secondary N) is 1. The molecule has 0 radical (unpaired) electrons. The first-order chi connectivity index (χ1) is 8.93. The van der Waals surface area contributed by atoms with Crippen LogP contribution in [-0.4, -0.2) is 9.55 Å². The van der Waals surface area contributed by atoms with E-state index in [1.54, 1.807) is 6.92 Å². The van der Waals surface area contributed by atoms with Crippen LogP contribution in [0.15, 0.2) is 9.59 Å². The minimum absolute atomic E-state index is 0.000895. The summed E-state index contributed by atoms with van der Waals surface area (Å²) in [5.74, 6) is 0.848. The summed E-state index contributed by atoms with van der Waals surface area (Å²) in [7, 11) is 0. The van der Waals surface area contributed by atoms with Crippen LogP contribution in [0.3, 0.4) is 0 Å². The van der Waals surface area contributed by atoms with E-state index in [4.69, 9.17) is 11.6 Å². The fourth-order valence-electron chi connectivity index (χ4n) is 3.15. The quantitative estimate of drug-likeness (QED) is 0.849. The molecule has 2 atom stereocenters. The van der Waals surface area contributed by atoms with Crippen LogP contribution >= 0.6 is 11.6 Å². The van der Waals surface area contributed by atoms with Crippen LogP contribution in [0.25, 0.3) is 0 Å². The molecule has 4 nitrogen and oxygen atoms in total. The van der Waals surface area contributed by atoms with E-state index in [9.17, 15) is 9.59 Å². The molecule has 0 spiro atoms. The zero-order valence-corrected chi connectivity index (χ0v) is 12.5. The Morgan fingerprint density at radius 1 is 1.26 bits per heavy atom. The van der Waals surface area contributed by atoms with Gasteiger partial charge in [0.1, 0.15) is 5.15 Å². The van der Waals surface area contributed by atoms with Crippen molar-refractivity contribution in [2.45, 2.75) is 52.5 Å². The van der Waals surface area contributed by atoms with Crippen molar-refractivity contribution in [3.8, 4) is 0 Å². The molecule has 0 aromatic carbocycles. The van der Waals surface area contributed by atoms with Crippen LogP contribution in [0.4, 0.5) is 0 Å². The zero-order chi connectivity index (χ0) is 14.2. The Morgan fingerprint density at radius 2 is 1.89 bits per heavy atom. The highest BCUT2D eigenvalue weighted by molar-refractivity contribution is 6.30. The summed E-state index contributed by atoms with van der Waals surface area (Å²) in [4.78, 5) is 27.0. The fraction of sp³-hybridized carbons (Fsp3) is 0.714. The highest BCUT2D eigenvalue weighted by Crippen LogP contribution is 2.37. The van der Waals surface area contributed by atoms with Gasteiger partial charge in [-0.15, -0.1) is 0 Å². The standard InChI is InChI=1S/C14H21ClN2O2/c1-8(2)10-6-4-5-7-11(10)17-13(18)9(3)12(15)16-14(17)19/h8,10-11H,4-7H2,1-3H3,(H,16,19). The average molecular weight is 285 g/mol. The lowest BCUT2D eigenvalue weighted by Gasteiger charge is -2.35. The minimum atomic E-state index is -0.377. The molecule has 1 heterocycles. The molecule has 1 aliphatic carbocycles. The molecule has 106 valence electrons. The van der Waals surface area contributed by atoms with Crippen molar-refractivity contribution >= 4 is 11.6 Å². The molecule has 0 aliphatic heterocycles. The molecule has 1 aliphatic rings. The van der Waals surface area contributed by atoms with Crippen LogP contribution in [0.5, 0.6) is 0 Å². The smallest absolute Gasteiger partial charge is 0.297 e. The zero-order valence-electron chi connectivity index (χ0n) is 11.7. The van der Waals surface area contributed by atoms with Crippen molar-refractivity contribution in [1.82, 2.24) is 9.55 Å². The largest absolute Gasteiger partial charge is 0.329 e. The van der Waals surface area contributed by atoms with Crippen LogP contribution in [-0.2, 0) is 0 Å². The second-order valence-corrected chi connectivity index (χ2v) is 6.18. The molecule has 5 heteroatoms. The molecule has 2 rings (SSSR count). The first kappa shape index (κ1) is 14.4. The molecule has 1 aromatic heterocycles. The summed E-state index contributed by atoms with van der Waals surface area (Å²) >= 11 is 5.86. The Hall–Kier alpha value is -1.03. The fourth-order valence-corrected chi connectivity index (χ4v) is 3.32. The summed E-state index contributed by atoms with van der Waals surface area (Å²) in [6, 6.07) is 0.000895. The Kier molecular flexibility index (Phi) is 4.19. The Balaban J connectivity index is 2.54. The first-order valence-corrected chi connectivity index (χ1v) is 7.32. The van der Waals surface area contributed by atoms with Gasteiger partial charge in [-0.2, -0.15) is 0 Å². The number of rotatable bonds is 2. The lowest BCUT2D eigenvalue weighted by Crippen LogP contribution is -2.43. The maximum Gasteiger partial charge on any atom is 0.329 e. The number of hydrogen-bond acceptors (Lipinski definition) is 2. The van der Waals surface area contributed by atoms with E-state index >= 15 is 0 Å². The van der Waals surface area contributed by atoms with E-state index in [2.05, 4.69) is 18.8 Å². The van der Waals surface area contributed by atoms with Gasteiger partial charge in [0.05, 0.1) is 0 Å². The van der Waals surface area contributed by atoms with E-state index < -0.39 is 0 Å². The summed E-state index contributed by atoms with van der Waals surface area (Å²) < 4.78 is 1.39. The van der Waals surface area contributed by atoms with Crippen molar-refractivity contribution in [3.63, 3.8) is 0 Å². The van der Waals surface area contributed by atoms with E-state index in [1.165, 1.54) is 11.0 Å². The number of aromatic nitrogens is 2.